The van der Waals surface area contributed by atoms with Gasteiger partial charge in [0.2, 0.25) is 5.69 Å². The monoisotopic (exact) mass is 376 g/mol. The van der Waals surface area contributed by atoms with Crippen LogP contribution >= 0.6 is 0 Å². The van der Waals surface area contributed by atoms with Crippen molar-refractivity contribution in [2.24, 2.45) is 7.05 Å². The third-order valence-corrected chi connectivity index (χ3v) is 4.43. The number of aromatic nitrogens is 4. The lowest BCUT2D eigenvalue weighted by Crippen LogP contribution is -2.18. The smallest absolute Gasteiger partial charge is 0.304 e. The molecule has 0 spiro atoms. The lowest BCUT2D eigenvalue weighted by atomic mass is 10.0. The van der Waals surface area contributed by atoms with Gasteiger partial charge in [0.05, 0.1) is 11.5 Å². The van der Waals surface area contributed by atoms with Crippen LogP contribution in [0.25, 0.3) is 10.8 Å². The van der Waals surface area contributed by atoms with E-state index in [1.54, 1.807) is 16.9 Å². The van der Waals surface area contributed by atoms with E-state index in [4.69, 9.17) is 0 Å². The maximum Gasteiger partial charge on any atom is 0.320 e. The standard InChI is InChI=1S/C19H16N6O3/c1-23-18(16(11-20-23)25(27)28)19(26)21-17-9-10-24(22-17)12-14-7-4-6-13-5-2-3-8-15(13)14/h2-11H,12H2,1H3,(H,21,22,26). The second-order valence-corrected chi connectivity index (χ2v) is 6.25. The SMILES string of the molecule is Cn1ncc([N+](=O)[O-])c1C(=O)Nc1ccn(Cc2cccc3ccccc23)n1. The molecule has 9 heteroatoms. The zero-order valence-corrected chi connectivity index (χ0v) is 14.9. The lowest BCUT2D eigenvalue weighted by molar-refractivity contribution is -0.385. The van der Waals surface area contributed by atoms with Gasteiger partial charge in [0.15, 0.2) is 5.82 Å². The van der Waals surface area contributed by atoms with Crippen LogP contribution in [0.3, 0.4) is 0 Å². The van der Waals surface area contributed by atoms with Crippen molar-refractivity contribution in [2.75, 3.05) is 5.32 Å². The molecule has 28 heavy (non-hydrogen) atoms. The molecule has 0 aliphatic carbocycles. The summed E-state index contributed by atoms with van der Waals surface area (Å²) in [6.07, 6.45) is 2.79. The number of nitrogens with zero attached hydrogens (tertiary/aromatic N) is 5. The molecule has 0 unspecified atom stereocenters. The van der Waals surface area contributed by atoms with Gasteiger partial charge in [0.1, 0.15) is 6.20 Å². The van der Waals surface area contributed by atoms with E-state index < -0.39 is 10.8 Å². The van der Waals surface area contributed by atoms with Crippen LogP contribution in [0.5, 0.6) is 0 Å². The summed E-state index contributed by atoms with van der Waals surface area (Å²) in [5, 5.41) is 24.1. The molecule has 2 aromatic carbocycles. The Morgan fingerprint density at radius 1 is 1.18 bits per heavy atom. The van der Waals surface area contributed by atoms with Crippen LogP contribution in [-0.4, -0.2) is 30.4 Å². The van der Waals surface area contributed by atoms with Gasteiger partial charge in [0, 0.05) is 19.3 Å². The van der Waals surface area contributed by atoms with Gasteiger partial charge in [0.25, 0.3) is 5.91 Å². The molecule has 0 saturated carbocycles. The Morgan fingerprint density at radius 2 is 1.96 bits per heavy atom. The summed E-state index contributed by atoms with van der Waals surface area (Å²) in [6.45, 7) is 0.531. The fraction of sp³-hybridized carbons (Fsp3) is 0.105. The van der Waals surface area contributed by atoms with Crippen LogP contribution in [0, 0.1) is 10.1 Å². The zero-order valence-electron chi connectivity index (χ0n) is 14.9. The van der Waals surface area contributed by atoms with Gasteiger partial charge < -0.3 is 5.32 Å². The molecular weight excluding hydrogens is 360 g/mol. The fourth-order valence-electron chi connectivity index (χ4n) is 3.12. The molecule has 0 aliphatic rings. The normalized spacial score (nSPS) is 10.9. The molecule has 0 saturated heterocycles. The van der Waals surface area contributed by atoms with Crippen molar-refractivity contribution in [3.8, 4) is 0 Å². The van der Waals surface area contributed by atoms with Crippen molar-refractivity contribution in [3.05, 3.63) is 82.3 Å². The highest BCUT2D eigenvalue weighted by Crippen LogP contribution is 2.20. The number of rotatable bonds is 5. The fourth-order valence-corrected chi connectivity index (χ4v) is 3.12. The third kappa shape index (κ3) is 3.20. The number of carbonyl (C=O) groups is 1. The van der Waals surface area contributed by atoms with Crippen molar-refractivity contribution in [1.82, 2.24) is 19.6 Å². The molecule has 2 aromatic heterocycles. The van der Waals surface area contributed by atoms with Crippen LogP contribution in [0.1, 0.15) is 16.1 Å². The maximum absolute atomic E-state index is 12.4. The molecule has 0 atom stereocenters. The van der Waals surface area contributed by atoms with E-state index >= 15 is 0 Å². The molecule has 0 aliphatic heterocycles. The first-order valence-electron chi connectivity index (χ1n) is 8.51. The van der Waals surface area contributed by atoms with Crippen LogP contribution in [0.2, 0.25) is 0 Å². The first-order valence-corrected chi connectivity index (χ1v) is 8.51. The minimum absolute atomic E-state index is 0.131. The number of nitro groups is 1. The summed E-state index contributed by atoms with van der Waals surface area (Å²) in [5.74, 6) is -0.331. The van der Waals surface area contributed by atoms with E-state index in [1.807, 2.05) is 36.4 Å². The predicted octanol–water partition coefficient (Wildman–Crippen LogP) is 2.98. The Labute approximate surface area is 159 Å². The minimum Gasteiger partial charge on any atom is -0.304 e. The topological polar surface area (TPSA) is 108 Å². The van der Waals surface area contributed by atoms with Crippen LogP contribution in [0.4, 0.5) is 11.5 Å². The van der Waals surface area contributed by atoms with E-state index in [-0.39, 0.29) is 11.4 Å². The van der Waals surface area contributed by atoms with Crippen molar-refractivity contribution >= 4 is 28.2 Å². The molecule has 1 N–H and O–H groups in total. The number of hydrogen-bond acceptors (Lipinski definition) is 5. The molecule has 4 aromatic rings. The number of amides is 1. The van der Waals surface area contributed by atoms with Gasteiger partial charge >= 0.3 is 5.69 Å². The van der Waals surface area contributed by atoms with Gasteiger partial charge in [-0.25, -0.2) is 0 Å². The van der Waals surface area contributed by atoms with Crippen molar-refractivity contribution in [3.63, 3.8) is 0 Å². The van der Waals surface area contributed by atoms with Gasteiger partial charge in [-0.2, -0.15) is 10.2 Å². The lowest BCUT2D eigenvalue weighted by Gasteiger charge is -2.07. The first kappa shape index (κ1) is 17.4. The first-order chi connectivity index (χ1) is 13.5. The van der Waals surface area contributed by atoms with Gasteiger partial charge in [-0.05, 0) is 16.3 Å². The summed E-state index contributed by atoms with van der Waals surface area (Å²) in [4.78, 5) is 22.9. The highest BCUT2D eigenvalue weighted by molar-refractivity contribution is 6.05. The largest absolute Gasteiger partial charge is 0.320 e. The number of carbonyl (C=O) groups excluding carboxylic acids is 1. The second kappa shape index (κ2) is 6.95. The van der Waals surface area contributed by atoms with Gasteiger partial charge in [-0.1, -0.05) is 42.5 Å². The van der Waals surface area contributed by atoms with E-state index in [9.17, 15) is 14.9 Å². The number of anilines is 1. The summed E-state index contributed by atoms with van der Waals surface area (Å²) in [7, 11) is 1.47. The highest BCUT2D eigenvalue weighted by Gasteiger charge is 2.25. The molecule has 1 amide bonds. The molecule has 9 nitrogen and oxygen atoms in total. The van der Waals surface area contributed by atoms with E-state index in [0.717, 1.165) is 22.5 Å². The number of benzene rings is 2. The predicted molar refractivity (Wildman–Crippen MR) is 103 cm³/mol. The summed E-state index contributed by atoms with van der Waals surface area (Å²) in [6, 6.07) is 15.8. The molecule has 2 heterocycles. The Balaban J connectivity index is 1.54. The zero-order chi connectivity index (χ0) is 19.7. The number of hydrogen-bond donors (Lipinski definition) is 1. The molecular formula is C19H16N6O3. The highest BCUT2D eigenvalue weighted by atomic mass is 16.6. The summed E-state index contributed by atoms with van der Waals surface area (Å²) >= 11 is 0. The molecule has 0 fully saturated rings. The Kier molecular flexibility index (Phi) is 4.32. The number of nitrogens with one attached hydrogen (secondary N) is 1. The number of aryl methyl sites for hydroxylation is 1. The average Bonchev–Trinajstić information content (AvgIpc) is 3.28. The van der Waals surface area contributed by atoms with E-state index in [0.29, 0.717) is 12.4 Å². The molecule has 0 bridgehead atoms. The second-order valence-electron chi connectivity index (χ2n) is 6.25. The van der Waals surface area contributed by atoms with E-state index in [1.165, 1.54) is 11.7 Å². The van der Waals surface area contributed by atoms with E-state index in [2.05, 4.69) is 21.6 Å². The van der Waals surface area contributed by atoms with Gasteiger partial charge in [-0.3, -0.25) is 24.3 Å². The Morgan fingerprint density at radius 3 is 2.79 bits per heavy atom. The van der Waals surface area contributed by atoms with Gasteiger partial charge in [-0.15, -0.1) is 0 Å². The van der Waals surface area contributed by atoms with Crippen molar-refractivity contribution in [2.45, 2.75) is 6.54 Å². The average molecular weight is 376 g/mol. The summed E-state index contributed by atoms with van der Waals surface area (Å²) in [5.41, 5.74) is 0.616. The molecule has 0 radical (unpaired) electrons. The Hall–Kier alpha value is -4.01. The minimum atomic E-state index is -0.638. The van der Waals surface area contributed by atoms with Crippen molar-refractivity contribution < 1.29 is 9.72 Å². The van der Waals surface area contributed by atoms with Crippen LogP contribution in [0.15, 0.2) is 60.9 Å². The Bertz CT molecular complexity index is 1190. The third-order valence-electron chi connectivity index (χ3n) is 4.43. The van der Waals surface area contributed by atoms with Crippen LogP contribution < -0.4 is 5.32 Å². The molecule has 140 valence electrons. The quantitative estimate of drug-likeness (QED) is 0.425. The number of fused-ring (bicyclic) bond motifs is 1. The summed E-state index contributed by atoms with van der Waals surface area (Å²) < 4.78 is 2.87. The molecule has 4 rings (SSSR count). The van der Waals surface area contributed by atoms with Crippen LogP contribution in [-0.2, 0) is 13.6 Å². The van der Waals surface area contributed by atoms with Crippen molar-refractivity contribution in [1.29, 1.82) is 0 Å². The maximum atomic E-state index is 12.4.